The third-order valence-electron chi connectivity index (χ3n) is 8.54. The van der Waals surface area contributed by atoms with E-state index in [1.807, 2.05) is 27.2 Å². The largest absolute Gasteiger partial charge is 0.477 e. The third kappa shape index (κ3) is 41.9. The van der Waals surface area contributed by atoms with E-state index in [-0.39, 0.29) is 38.6 Å². The van der Waals surface area contributed by atoms with E-state index in [1.54, 1.807) is 0 Å². The summed E-state index contributed by atoms with van der Waals surface area (Å²) in [6, 6.07) is 0. The molecule has 59 heavy (non-hydrogen) atoms. The summed E-state index contributed by atoms with van der Waals surface area (Å²) in [6.07, 6.45) is 52.1. The number of rotatable bonds is 38. The van der Waals surface area contributed by atoms with Crippen molar-refractivity contribution in [2.24, 2.45) is 0 Å². The van der Waals surface area contributed by atoms with Gasteiger partial charge in [-0.05, 0) is 77.0 Å². The van der Waals surface area contributed by atoms with E-state index in [0.29, 0.717) is 23.9 Å². The first-order valence-corrected chi connectivity index (χ1v) is 22.1. The lowest BCUT2D eigenvalue weighted by Gasteiger charge is -2.25. The molecule has 0 aromatic carbocycles. The highest BCUT2D eigenvalue weighted by Crippen LogP contribution is 2.10. The van der Waals surface area contributed by atoms with Gasteiger partial charge in [0.15, 0.2) is 6.10 Å². The topological polar surface area (TPSA) is 108 Å². The van der Waals surface area contributed by atoms with Crippen LogP contribution in [0.15, 0.2) is 109 Å². The Labute approximate surface area is 358 Å². The van der Waals surface area contributed by atoms with Gasteiger partial charge in [0, 0.05) is 12.8 Å². The van der Waals surface area contributed by atoms with Crippen LogP contribution in [-0.2, 0) is 33.3 Å². The quantitative estimate of drug-likeness (QED) is 0.0216. The third-order valence-corrected chi connectivity index (χ3v) is 8.54. The molecule has 332 valence electrons. The van der Waals surface area contributed by atoms with Gasteiger partial charge in [0.2, 0.25) is 0 Å². The molecule has 0 aliphatic carbocycles. The maximum absolute atomic E-state index is 12.7. The normalized spacial score (nSPS) is 14.0. The molecule has 0 aromatic heterocycles. The first-order valence-electron chi connectivity index (χ1n) is 22.1. The van der Waals surface area contributed by atoms with Crippen molar-refractivity contribution < 1.29 is 42.9 Å². The highest BCUT2D eigenvalue weighted by atomic mass is 16.7. The molecule has 0 fully saturated rings. The lowest BCUT2D eigenvalue weighted by molar-refractivity contribution is -0.870. The number of unbranched alkanes of at least 4 members (excludes halogenated alkanes) is 5. The van der Waals surface area contributed by atoms with E-state index < -0.39 is 24.3 Å². The second-order valence-corrected chi connectivity index (χ2v) is 15.3. The van der Waals surface area contributed by atoms with E-state index in [0.717, 1.165) is 89.9 Å². The van der Waals surface area contributed by atoms with E-state index in [1.165, 1.54) is 0 Å². The number of likely N-dealkylation sites (N-methyl/N-ethyl adjacent to an activating group) is 1. The number of esters is 2. The number of ether oxygens (including phenoxy) is 4. The van der Waals surface area contributed by atoms with Crippen LogP contribution in [-0.4, -0.2) is 87.4 Å². The summed E-state index contributed by atoms with van der Waals surface area (Å²) < 4.78 is 22.4. The molecule has 0 aromatic rings. The van der Waals surface area contributed by atoms with Crippen LogP contribution < -0.4 is 0 Å². The number of quaternary nitrogens is 1. The summed E-state index contributed by atoms with van der Waals surface area (Å²) in [5, 5.41) is 9.57. The van der Waals surface area contributed by atoms with Gasteiger partial charge in [0.05, 0.1) is 34.4 Å². The predicted molar refractivity (Wildman–Crippen MR) is 244 cm³/mol. The molecule has 0 aliphatic rings. The molecular weight excluding hydrogens is 743 g/mol. The average molecular weight is 823 g/mol. The molecule has 0 saturated heterocycles. The average Bonchev–Trinajstić information content (AvgIpc) is 3.19. The van der Waals surface area contributed by atoms with Gasteiger partial charge in [-0.1, -0.05) is 149 Å². The summed E-state index contributed by atoms with van der Waals surface area (Å²) in [6.45, 7) is 4.54. The van der Waals surface area contributed by atoms with Crippen LogP contribution in [0.1, 0.15) is 129 Å². The number of hydrogen-bond donors (Lipinski definition) is 1. The molecule has 9 heteroatoms. The van der Waals surface area contributed by atoms with Gasteiger partial charge in [-0.25, -0.2) is 4.79 Å². The molecule has 0 aliphatic heterocycles. The van der Waals surface area contributed by atoms with Crippen molar-refractivity contribution in [1.82, 2.24) is 0 Å². The fourth-order valence-electron chi connectivity index (χ4n) is 5.13. The second-order valence-electron chi connectivity index (χ2n) is 15.3. The van der Waals surface area contributed by atoms with Gasteiger partial charge < -0.3 is 28.5 Å². The minimum atomic E-state index is -1.53. The Balaban J connectivity index is 4.35. The highest BCUT2D eigenvalue weighted by Gasteiger charge is 2.25. The zero-order valence-corrected chi connectivity index (χ0v) is 37.4. The Morgan fingerprint density at radius 2 is 0.966 bits per heavy atom. The number of carboxylic acids is 1. The molecule has 2 unspecified atom stereocenters. The molecule has 0 heterocycles. The summed E-state index contributed by atoms with van der Waals surface area (Å²) in [4.78, 5) is 36.7. The van der Waals surface area contributed by atoms with Crippen molar-refractivity contribution in [3.63, 3.8) is 0 Å². The van der Waals surface area contributed by atoms with Crippen LogP contribution in [0.2, 0.25) is 0 Å². The number of nitrogens with zero attached hydrogens (tertiary/aromatic N) is 1. The molecule has 2 atom stereocenters. The summed E-state index contributed by atoms with van der Waals surface area (Å²) in [7, 11) is 5.91. The second kappa shape index (κ2) is 40.7. The monoisotopic (exact) mass is 823 g/mol. The van der Waals surface area contributed by atoms with E-state index in [2.05, 4.69) is 117 Å². The Hall–Kier alpha value is -4.05. The maximum Gasteiger partial charge on any atom is 0.361 e. The Kier molecular flexibility index (Phi) is 37.9. The van der Waals surface area contributed by atoms with Gasteiger partial charge in [0.25, 0.3) is 6.29 Å². The van der Waals surface area contributed by atoms with Gasteiger partial charge in [-0.3, -0.25) is 9.59 Å². The smallest absolute Gasteiger partial charge is 0.361 e. The summed E-state index contributed by atoms with van der Waals surface area (Å²) in [5.74, 6) is -2.13. The van der Waals surface area contributed by atoms with Crippen LogP contribution in [0.25, 0.3) is 0 Å². The van der Waals surface area contributed by atoms with E-state index in [9.17, 15) is 19.5 Å². The lowest BCUT2D eigenvalue weighted by atomic mass is 10.1. The Morgan fingerprint density at radius 1 is 0.525 bits per heavy atom. The van der Waals surface area contributed by atoms with Crippen molar-refractivity contribution in [1.29, 1.82) is 0 Å². The number of carbonyl (C=O) groups excluding carboxylic acids is 2. The highest BCUT2D eigenvalue weighted by molar-refractivity contribution is 5.71. The van der Waals surface area contributed by atoms with Crippen LogP contribution in [0.4, 0.5) is 0 Å². The lowest BCUT2D eigenvalue weighted by Crippen LogP contribution is -2.40. The summed E-state index contributed by atoms with van der Waals surface area (Å²) in [5.41, 5.74) is 0. The van der Waals surface area contributed by atoms with Crippen molar-refractivity contribution in [2.45, 2.75) is 142 Å². The number of allylic oxidation sites excluding steroid dienone is 18. The number of aliphatic carboxylic acids is 1. The molecule has 0 spiro atoms. The van der Waals surface area contributed by atoms with Crippen molar-refractivity contribution in [3.8, 4) is 0 Å². The van der Waals surface area contributed by atoms with Gasteiger partial charge in [0.1, 0.15) is 13.2 Å². The molecule has 9 nitrogen and oxygen atoms in total. The van der Waals surface area contributed by atoms with Crippen LogP contribution in [0, 0.1) is 0 Å². The first kappa shape index (κ1) is 55.0. The van der Waals surface area contributed by atoms with Crippen molar-refractivity contribution in [3.05, 3.63) is 109 Å². The first-order chi connectivity index (χ1) is 28.6. The molecular formula is C50H80NO8+. The van der Waals surface area contributed by atoms with Crippen LogP contribution in [0.5, 0.6) is 0 Å². The zero-order chi connectivity index (χ0) is 43.5. The van der Waals surface area contributed by atoms with E-state index >= 15 is 0 Å². The molecule has 0 radical (unpaired) electrons. The molecule has 0 rings (SSSR count). The van der Waals surface area contributed by atoms with E-state index in [4.69, 9.17) is 18.9 Å². The fraction of sp³-hybridized carbons (Fsp3) is 0.580. The minimum Gasteiger partial charge on any atom is -0.477 e. The Morgan fingerprint density at radius 3 is 1.41 bits per heavy atom. The number of hydrogen-bond acceptors (Lipinski definition) is 7. The predicted octanol–water partition coefficient (Wildman–Crippen LogP) is 11.7. The van der Waals surface area contributed by atoms with Crippen molar-refractivity contribution >= 4 is 17.9 Å². The van der Waals surface area contributed by atoms with Crippen LogP contribution in [0.3, 0.4) is 0 Å². The SMILES string of the molecule is CC/C=C\C/C=C\C/C=C\C/C=C\C/C=C\C/C=C\C/C=C\C/C=C\C/C=C\CCCC(=O)OC(COC(=O)CCCCCCC)COC(OCC[N+](C)(C)C)C(=O)O. The van der Waals surface area contributed by atoms with Gasteiger partial charge in [-0.15, -0.1) is 0 Å². The van der Waals surface area contributed by atoms with Gasteiger partial charge >= 0.3 is 17.9 Å². The van der Waals surface area contributed by atoms with Crippen molar-refractivity contribution in [2.75, 3.05) is 47.5 Å². The van der Waals surface area contributed by atoms with Gasteiger partial charge in [-0.2, -0.15) is 0 Å². The maximum atomic E-state index is 12.7. The molecule has 0 saturated carbocycles. The molecule has 0 amide bonds. The minimum absolute atomic E-state index is 0.171. The van der Waals surface area contributed by atoms with Crippen LogP contribution >= 0.6 is 0 Å². The number of carboxylic acid groups (broad SMARTS) is 1. The zero-order valence-electron chi connectivity index (χ0n) is 37.4. The molecule has 1 N–H and O–H groups in total. The molecule has 0 bridgehead atoms. The Bertz CT molecular complexity index is 1330. The summed E-state index contributed by atoms with van der Waals surface area (Å²) >= 11 is 0. The standard InChI is InChI=1S/C50H79NO8/c1-6-8-10-12-13-14-15-16-17-18-19-20-21-22-23-24-25-26-27-28-29-30-31-32-33-34-35-37-39-41-48(53)59-46(44-57-47(52)40-38-36-11-9-7-2)45-58-50(49(54)55)56-43-42-51(3,4)5/h8,10,13-14,16-17,19-20,22-23,25-26,28-29,31-32,34-35,46,50H,6-7,9,11-12,15,18,21,24,27,30,33,36-45H2,1-5H3/p+1/b10-8-,14-13-,17-16-,20-19-,23-22-,26-25-,29-28-,32-31-,35-34-. The number of carbonyl (C=O) groups is 3. The fourth-order valence-corrected chi connectivity index (χ4v) is 5.13.